The minimum atomic E-state index is 0.873. The maximum Gasteiger partial charge on any atom is 0.0590 e. The van der Waals surface area contributed by atoms with Crippen molar-refractivity contribution in [3.8, 4) is 10.4 Å². The van der Waals surface area contributed by atoms with Crippen LogP contribution in [0.2, 0.25) is 0 Å². The van der Waals surface area contributed by atoms with E-state index < -0.39 is 0 Å². The average molecular weight is 190 g/mol. The van der Waals surface area contributed by atoms with Crippen LogP contribution >= 0.6 is 11.3 Å². The first-order chi connectivity index (χ1) is 6.29. The lowest BCUT2D eigenvalue weighted by Crippen LogP contribution is -1.87. The quantitative estimate of drug-likeness (QED) is 0.751. The predicted molar refractivity (Wildman–Crippen MR) is 56.7 cm³/mol. The van der Waals surface area contributed by atoms with E-state index in [1.54, 1.807) is 17.5 Å². The third kappa shape index (κ3) is 1.42. The maximum absolute atomic E-state index is 5.92. The molecule has 0 radical (unpaired) electrons. The van der Waals surface area contributed by atoms with Crippen LogP contribution in [0, 0.1) is 6.92 Å². The Morgan fingerprint density at radius 1 is 1.46 bits per heavy atom. The highest BCUT2D eigenvalue weighted by Gasteiger charge is 2.06. The molecule has 66 valence electrons. The zero-order valence-corrected chi connectivity index (χ0v) is 8.14. The molecular formula is C10H10N2S. The van der Waals surface area contributed by atoms with Crippen LogP contribution < -0.4 is 5.73 Å². The second kappa shape index (κ2) is 3.18. The fourth-order valence-corrected chi connectivity index (χ4v) is 2.14. The monoisotopic (exact) mass is 190 g/mol. The van der Waals surface area contributed by atoms with E-state index in [1.807, 2.05) is 25.3 Å². The lowest BCUT2D eigenvalue weighted by atomic mass is 10.2. The summed E-state index contributed by atoms with van der Waals surface area (Å²) in [6.07, 6.45) is 3.60. The van der Waals surface area contributed by atoms with Gasteiger partial charge in [0.1, 0.15) is 0 Å². The minimum absolute atomic E-state index is 0.873. The number of aryl methyl sites for hydroxylation is 1. The van der Waals surface area contributed by atoms with Crippen molar-refractivity contribution in [1.29, 1.82) is 0 Å². The molecule has 0 unspecified atom stereocenters. The summed E-state index contributed by atoms with van der Waals surface area (Å²) in [5.41, 5.74) is 9.03. The normalized spacial score (nSPS) is 10.2. The Hall–Kier alpha value is -1.35. The summed E-state index contributed by atoms with van der Waals surface area (Å²) >= 11 is 1.66. The van der Waals surface area contributed by atoms with Crippen molar-refractivity contribution in [3.05, 3.63) is 35.5 Å². The minimum Gasteiger partial charge on any atom is -0.397 e. The average Bonchev–Trinajstić information content (AvgIpc) is 2.49. The summed E-state index contributed by atoms with van der Waals surface area (Å²) in [7, 11) is 0. The molecule has 0 amide bonds. The van der Waals surface area contributed by atoms with E-state index in [9.17, 15) is 0 Å². The molecule has 0 aliphatic carbocycles. The Labute approximate surface area is 81.1 Å². The molecule has 0 aliphatic heterocycles. The van der Waals surface area contributed by atoms with Gasteiger partial charge in [-0.05, 0) is 23.9 Å². The van der Waals surface area contributed by atoms with Gasteiger partial charge in [0.15, 0.2) is 0 Å². The van der Waals surface area contributed by atoms with Gasteiger partial charge in [-0.1, -0.05) is 6.07 Å². The summed E-state index contributed by atoms with van der Waals surface area (Å²) in [5.74, 6) is 0. The number of hydrogen-bond acceptors (Lipinski definition) is 3. The van der Waals surface area contributed by atoms with E-state index in [1.165, 1.54) is 0 Å². The Kier molecular flexibility index (Phi) is 2.02. The van der Waals surface area contributed by atoms with Gasteiger partial charge in [-0.15, -0.1) is 11.3 Å². The van der Waals surface area contributed by atoms with E-state index in [0.717, 1.165) is 21.7 Å². The van der Waals surface area contributed by atoms with Crippen LogP contribution in [0.4, 0.5) is 5.69 Å². The summed E-state index contributed by atoms with van der Waals surface area (Å²) in [5, 5.41) is 2.07. The molecule has 0 saturated heterocycles. The van der Waals surface area contributed by atoms with Crippen LogP contribution in [0.15, 0.2) is 29.9 Å². The van der Waals surface area contributed by atoms with Crippen molar-refractivity contribution in [3.63, 3.8) is 0 Å². The van der Waals surface area contributed by atoms with Gasteiger partial charge < -0.3 is 5.73 Å². The number of hydrogen-bond donors (Lipinski definition) is 1. The molecule has 0 fully saturated rings. The maximum atomic E-state index is 5.92. The van der Waals surface area contributed by atoms with Gasteiger partial charge in [-0.3, -0.25) is 4.98 Å². The first kappa shape index (κ1) is 8.26. The summed E-state index contributed by atoms with van der Waals surface area (Å²) in [6.45, 7) is 2.02. The molecule has 2 aromatic rings. The van der Waals surface area contributed by atoms with Crippen LogP contribution in [0.3, 0.4) is 0 Å². The molecule has 0 bridgehead atoms. The molecule has 0 atom stereocenters. The number of pyridine rings is 1. The van der Waals surface area contributed by atoms with Crippen molar-refractivity contribution >= 4 is 17.0 Å². The lowest BCUT2D eigenvalue weighted by Gasteiger charge is -1.98. The number of nitrogens with zero attached hydrogens (tertiary/aromatic N) is 1. The molecule has 13 heavy (non-hydrogen) atoms. The number of anilines is 1. The highest BCUT2D eigenvalue weighted by Crippen LogP contribution is 2.33. The number of nitrogen functional groups attached to an aromatic ring is 1. The second-order valence-corrected chi connectivity index (χ2v) is 3.78. The van der Waals surface area contributed by atoms with E-state index in [0.29, 0.717) is 0 Å². The van der Waals surface area contributed by atoms with Crippen LogP contribution in [0.5, 0.6) is 0 Å². The van der Waals surface area contributed by atoms with E-state index in [4.69, 9.17) is 5.73 Å². The van der Waals surface area contributed by atoms with Crippen molar-refractivity contribution in [2.45, 2.75) is 6.92 Å². The second-order valence-electron chi connectivity index (χ2n) is 2.90. The van der Waals surface area contributed by atoms with Crippen LogP contribution in [0.25, 0.3) is 10.4 Å². The first-order valence-corrected chi connectivity index (χ1v) is 4.91. The number of nitrogens with two attached hydrogens (primary N) is 1. The van der Waals surface area contributed by atoms with Crippen molar-refractivity contribution < 1.29 is 0 Å². The van der Waals surface area contributed by atoms with Crippen LogP contribution in [0.1, 0.15) is 5.56 Å². The molecule has 0 aliphatic rings. The van der Waals surface area contributed by atoms with Crippen molar-refractivity contribution in [2.24, 2.45) is 0 Å². The summed E-state index contributed by atoms with van der Waals surface area (Å²) in [6, 6.07) is 3.94. The molecule has 2 heterocycles. The van der Waals surface area contributed by atoms with Gasteiger partial charge in [-0.25, -0.2) is 0 Å². The van der Waals surface area contributed by atoms with Gasteiger partial charge in [0, 0.05) is 18.0 Å². The zero-order chi connectivity index (χ0) is 9.26. The van der Waals surface area contributed by atoms with Crippen molar-refractivity contribution in [2.75, 3.05) is 5.73 Å². The molecule has 2 N–H and O–H groups in total. The molecule has 0 spiro atoms. The molecule has 0 aromatic carbocycles. The first-order valence-electron chi connectivity index (χ1n) is 4.03. The molecule has 3 heteroatoms. The standard InChI is InChI=1S/C10H10N2S/c1-7-6-13-10(9(7)11)8-3-2-4-12-5-8/h2-6H,11H2,1H3. The summed E-state index contributed by atoms with van der Waals surface area (Å²) in [4.78, 5) is 5.18. The fraction of sp³-hybridized carbons (Fsp3) is 0.100. The Balaban J connectivity index is 2.53. The number of thiophene rings is 1. The fourth-order valence-electron chi connectivity index (χ4n) is 1.17. The van der Waals surface area contributed by atoms with Gasteiger partial charge in [0.2, 0.25) is 0 Å². The SMILES string of the molecule is Cc1csc(-c2cccnc2)c1N. The van der Waals surface area contributed by atoms with E-state index in [2.05, 4.69) is 10.4 Å². The molecule has 2 nitrogen and oxygen atoms in total. The van der Waals surface area contributed by atoms with Gasteiger partial charge in [0.05, 0.1) is 10.6 Å². The van der Waals surface area contributed by atoms with E-state index >= 15 is 0 Å². The number of rotatable bonds is 1. The lowest BCUT2D eigenvalue weighted by molar-refractivity contribution is 1.33. The third-order valence-electron chi connectivity index (χ3n) is 1.95. The van der Waals surface area contributed by atoms with Crippen molar-refractivity contribution in [1.82, 2.24) is 4.98 Å². The van der Waals surface area contributed by atoms with Gasteiger partial charge in [0.25, 0.3) is 0 Å². The van der Waals surface area contributed by atoms with Crippen LogP contribution in [-0.2, 0) is 0 Å². The predicted octanol–water partition coefficient (Wildman–Crippen LogP) is 2.70. The summed E-state index contributed by atoms with van der Waals surface area (Å²) < 4.78 is 0. The Bertz CT molecular complexity index is 406. The topological polar surface area (TPSA) is 38.9 Å². The third-order valence-corrected chi connectivity index (χ3v) is 3.11. The van der Waals surface area contributed by atoms with Crippen LogP contribution in [-0.4, -0.2) is 4.98 Å². The smallest absolute Gasteiger partial charge is 0.0590 e. The Morgan fingerprint density at radius 3 is 2.85 bits per heavy atom. The molecule has 0 saturated carbocycles. The van der Waals surface area contributed by atoms with Gasteiger partial charge in [-0.2, -0.15) is 0 Å². The molecule has 2 aromatic heterocycles. The highest BCUT2D eigenvalue weighted by atomic mass is 32.1. The zero-order valence-electron chi connectivity index (χ0n) is 7.32. The molecule has 2 rings (SSSR count). The largest absolute Gasteiger partial charge is 0.397 e. The van der Waals surface area contributed by atoms with Gasteiger partial charge >= 0.3 is 0 Å². The Morgan fingerprint density at radius 2 is 2.31 bits per heavy atom. The van der Waals surface area contributed by atoms with E-state index in [-0.39, 0.29) is 0 Å². The number of aromatic nitrogens is 1. The molecular weight excluding hydrogens is 180 g/mol. The highest BCUT2D eigenvalue weighted by molar-refractivity contribution is 7.14.